The highest BCUT2D eigenvalue weighted by molar-refractivity contribution is 9.10. The molecule has 0 saturated heterocycles. The number of hydrogen-bond donors (Lipinski definition) is 1. The van der Waals surface area contributed by atoms with Gasteiger partial charge in [-0.1, -0.05) is 0 Å². The lowest BCUT2D eigenvalue weighted by atomic mass is 10.2. The third kappa shape index (κ3) is 1.93. The number of phenols is 1. The molecule has 6 heteroatoms. The van der Waals surface area contributed by atoms with Crippen LogP contribution in [0, 0.1) is 5.82 Å². The van der Waals surface area contributed by atoms with Crippen LogP contribution in [0.4, 0.5) is 17.6 Å². The van der Waals surface area contributed by atoms with Crippen molar-refractivity contribution in [3.8, 4) is 5.75 Å². The van der Waals surface area contributed by atoms with Crippen LogP contribution in [-0.4, -0.2) is 5.11 Å². The Morgan fingerprint density at radius 1 is 1.23 bits per heavy atom. The smallest absolute Gasteiger partial charge is 0.420 e. The van der Waals surface area contributed by atoms with Crippen LogP contribution in [0.2, 0.25) is 0 Å². The summed E-state index contributed by atoms with van der Waals surface area (Å²) in [5, 5.41) is 8.87. The first kappa shape index (κ1) is 10.3. The molecule has 0 atom stereocenters. The van der Waals surface area contributed by atoms with Crippen LogP contribution in [-0.2, 0) is 6.18 Å². The maximum absolute atomic E-state index is 12.7. The standard InChI is InChI=1S/C7H3BrF4O/c8-6-4(13)2-1-3(9)5(6)7(10,11)12/h1-2,13H. The molecule has 1 nitrogen and oxygen atoms in total. The summed E-state index contributed by atoms with van der Waals surface area (Å²) in [5.41, 5.74) is -1.49. The first-order valence-electron chi connectivity index (χ1n) is 3.08. The zero-order valence-electron chi connectivity index (χ0n) is 5.99. The zero-order valence-corrected chi connectivity index (χ0v) is 7.58. The average molecular weight is 259 g/mol. The summed E-state index contributed by atoms with van der Waals surface area (Å²) in [4.78, 5) is 0. The Morgan fingerprint density at radius 2 is 1.77 bits per heavy atom. The zero-order chi connectivity index (χ0) is 10.2. The normalized spacial score (nSPS) is 11.8. The van der Waals surface area contributed by atoms with E-state index in [-0.39, 0.29) is 0 Å². The number of phenolic OH excluding ortho intramolecular Hbond substituents is 1. The van der Waals surface area contributed by atoms with E-state index in [0.29, 0.717) is 6.07 Å². The Morgan fingerprint density at radius 3 is 2.15 bits per heavy atom. The minimum Gasteiger partial charge on any atom is -0.507 e. The van der Waals surface area contributed by atoms with Crippen LogP contribution in [0.25, 0.3) is 0 Å². The highest BCUT2D eigenvalue weighted by atomic mass is 79.9. The maximum atomic E-state index is 12.7. The molecular weight excluding hydrogens is 256 g/mol. The lowest BCUT2D eigenvalue weighted by molar-refractivity contribution is -0.140. The number of halogens is 5. The lowest BCUT2D eigenvalue weighted by Gasteiger charge is -2.10. The van der Waals surface area contributed by atoms with E-state index in [1.807, 2.05) is 0 Å². The molecule has 1 aromatic carbocycles. The summed E-state index contributed by atoms with van der Waals surface area (Å²) in [7, 11) is 0. The van der Waals surface area contributed by atoms with Gasteiger partial charge in [0.2, 0.25) is 0 Å². The fourth-order valence-electron chi connectivity index (χ4n) is 0.801. The Hall–Kier alpha value is -0.780. The van der Waals surface area contributed by atoms with Crippen molar-refractivity contribution in [2.45, 2.75) is 6.18 Å². The SMILES string of the molecule is Oc1ccc(F)c(C(F)(F)F)c1Br. The van der Waals surface area contributed by atoms with Gasteiger partial charge in [-0.2, -0.15) is 13.2 Å². The Bertz CT molecular complexity index is 334. The first-order chi connectivity index (χ1) is 5.84. The van der Waals surface area contributed by atoms with Gasteiger partial charge in [-0.05, 0) is 28.1 Å². The van der Waals surface area contributed by atoms with Gasteiger partial charge < -0.3 is 5.11 Å². The van der Waals surface area contributed by atoms with Crippen molar-refractivity contribution in [2.75, 3.05) is 0 Å². The predicted molar refractivity (Wildman–Crippen MR) is 40.8 cm³/mol. The van der Waals surface area contributed by atoms with Gasteiger partial charge in [-0.3, -0.25) is 0 Å². The van der Waals surface area contributed by atoms with Crippen LogP contribution < -0.4 is 0 Å². The molecule has 0 radical (unpaired) electrons. The molecule has 13 heavy (non-hydrogen) atoms. The molecule has 0 saturated carbocycles. The molecule has 0 aliphatic carbocycles. The van der Waals surface area contributed by atoms with Crippen molar-refractivity contribution in [3.05, 3.63) is 28.0 Å². The molecule has 0 unspecified atom stereocenters. The maximum Gasteiger partial charge on any atom is 0.420 e. The first-order valence-corrected chi connectivity index (χ1v) is 3.87. The summed E-state index contributed by atoms with van der Waals surface area (Å²) in [6, 6.07) is 1.40. The molecule has 0 aromatic heterocycles. The van der Waals surface area contributed by atoms with Crippen molar-refractivity contribution in [2.24, 2.45) is 0 Å². The molecule has 1 aromatic rings. The Kier molecular flexibility index (Phi) is 2.51. The van der Waals surface area contributed by atoms with E-state index < -0.39 is 27.8 Å². The third-order valence-corrected chi connectivity index (χ3v) is 2.16. The fourth-order valence-corrected chi connectivity index (χ4v) is 1.35. The second-order valence-electron chi connectivity index (χ2n) is 2.25. The molecule has 0 spiro atoms. The van der Waals surface area contributed by atoms with Crippen molar-refractivity contribution < 1.29 is 22.7 Å². The number of benzene rings is 1. The van der Waals surface area contributed by atoms with Gasteiger partial charge in [-0.25, -0.2) is 4.39 Å². The number of aromatic hydroxyl groups is 1. The van der Waals surface area contributed by atoms with Gasteiger partial charge in [0, 0.05) is 0 Å². The summed E-state index contributed by atoms with van der Waals surface area (Å²) in [6.07, 6.45) is -4.82. The van der Waals surface area contributed by atoms with Crippen LogP contribution in [0.3, 0.4) is 0 Å². The van der Waals surface area contributed by atoms with Gasteiger partial charge in [-0.15, -0.1) is 0 Å². The molecule has 0 aliphatic heterocycles. The molecule has 72 valence electrons. The van der Waals surface area contributed by atoms with Crippen LogP contribution in [0.15, 0.2) is 16.6 Å². The van der Waals surface area contributed by atoms with E-state index in [9.17, 15) is 17.6 Å². The largest absolute Gasteiger partial charge is 0.507 e. The lowest BCUT2D eigenvalue weighted by Crippen LogP contribution is -2.09. The molecule has 1 N–H and O–H groups in total. The average Bonchev–Trinajstić information content (AvgIpc) is 1.95. The van der Waals surface area contributed by atoms with E-state index in [1.165, 1.54) is 0 Å². The van der Waals surface area contributed by atoms with Crippen LogP contribution in [0.5, 0.6) is 5.75 Å². The fraction of sp³-hybridized carbons (Fsp3) is 0.143. The van der Waals surface area contributed by atoms with Gasteiger partial charge >= 0.3 is 6.18 Å². The van der Waals surface area contributed by atoms with Crippen molar-refractivity contribution in [1.82, 2.24) is 0 Å². The van der Waals surface area contributed by atoms with Crippen molar-refractivity contribution in [3.63, 3.8) is 0 Å². The predicted octanol–water partition coefficient (Wildman–Crippen LogP) is 3.31. The van der Waals surface area contributed by atoms with Gasteiger partial charge in [0.25, 0.3) is 0 Å². The highest BCUT2D eigenvalue weighted by Gasteiger charge is 2.37. The van der Waals surface area contributed by atoms with E-state index in [1.54, 1.807) is 0 Å². The molecule has 0 bridgehead atoms. The Labute approximate surface area is 79.1 Å². The van der Waals surface area contributed by atoms with Gasteiger partial charge in [0.05, 0.1) is 4.47 Å². The van der Waals surface area contributed by atoms with E-state index in [4.69, 9.17) is 5.11 Å². The molecule has 0 amide bonds. The number of alkyl halides is 3. The van der Waals surface area contributed by atoms with E-state index in [0.717, 1.165) is 6.07 Å². The molecule has 0 heterocycles. The highest BCUT2D eigenvalue weighted by Crippen LogP contribution is 2.40. The molecule has 1 rings (SSSR count). The number of hydrogen-bond acceptors (Lipinski definition) is 1. The second-order valence-corrected chi connectivity index (χ2v) is 3.05. The Balaban J connectivity index is 3.43. The summed E-state index contributed by atoms with van der Waals surface area (Å²) in [6.45, 7) is 0. The van der Waals surface area contributed by atoms with E-state index in [2.05, 4.69) is 15.9 Å². The second kappa shape index (κ2) is 3.17. The molecular formula is C7H3BrF4O. The molecule has 0 fully saturated rings. The third-order valence-electron chi connectivity index (χ3n) is 1.35. The van der Waals surface area contributed by atoms with Gasteiger partial charge in [0.15, 0.2) is 0 Å². The topological polar surface area (TPSA) is 20.2 Å². The van der Waals surface area contributed by atoms with Crippen molar-refractivity contribution >= 4 is 15.9 Å². The minimum absolute atomic E-state index is 0.558. The quantitative estimate of drug-likeness (QED) is 0.708. The summed E-state index contributed by atoms with van der Waals surface area (Å²) >= 11 is 2.46. The van der Waals surface area contributed by atoms with Crippen LogP contribution in [0.1, 0.15) is 5.56 Å². The van der Waals surface area contributed by atoms with Crippen LogP contribution >= 0.6 is 15.9 Å². The van der Waals surface area contributed by atoms with Gasteiger partial charge in [0.1, 0.15) is 17.1 Å². The summed E-state index contributed by atoms with van der Waals surface area (Å²) in [5.74, 6) is -2.06. The van der Waals surface area contributed by atoms with Crippen molar-refractivity contribution in [1.29, 1.82) is 0 Å². The minimum atomic E-state index is -4.82. The molecule has 0 aliphatic rings. The monoisotopic (exact) mass is 258 g/mol. The summed E-state index contributed by atoms with van der Waals surface area (Å²) < 4.78 is 48.3. The number of rotatable bonds is 0. The van der Waals surface area contributed by atoms with E-state index >= 15 is 0 Å².